The molecular weight excluding hydrogens is 332 g/mol. The highest BCUT2D eigenvalue weighted by molar-refractivity contribution is 5.97. The molecule has 3 aromatic rings. The number of nitrogens with zero attached hydrogens (tertiary/aromatic N) is 2. The Bertz CT molecular complexity index is 944. The summed E-state index contributed by atoms with van der Waals surface area (Å²) in [5, 5.41) is 3.09. The van der Waals surface area contributed by atoms with Gasteiger partial charge in [-0.2, -0.15) is 9.97 Å². The summed E-state index contributed by atoms with van der Waals surface area (Å²) < 4.78 is 0. The molecule has 0 aliphatic heterocycles. The third-order valence-corrected chi connectivity index (χ3v) is 3.66. The Morgan fingerprint density at radius 2 is 2.04 bits per heavy atom. The highest BCUT2D eigenvalue weighted by Crippen LogP contribution is 2.20. The topological polar surface area (TPSA) is 134 Å². The van der Waals surface area contributed by atoms with Crippen LogP contribution in [-0.2, 0) is 0 Å². The van der Waals surface area contributed by atoms with Gasteiger partial charge in [-0.3, -0.25) is 9.63 Å². The number of hydrogen-bond donors (Lipinski definition) is 4. The first-order valence-electron chi connectivity index (χ1n) is 7.94. The molecule has 1 amide bonds. The fraction of sp³-hybridized carbons (Fsp3) is 0.0556. The monoisotopic (exact) mass is 352 g/mol. The first-order valence-corrected chi connectivity index (χ1v) is 7.94. The highest BCUT2D eigenvalue weighted by atomic mass is 16.7. The number of rotatable bonds is 6. The summed E-state index contributed by atoms with van der Waals surface area (Å²) in [5.74, 6) is -0.344. The van der Waals surface area contributed by atoms with Crippen molar-refractivity contribution >= 4 is 28.8 Å². The number of benzene rings is 2. The molecule has 0 unspecified atom stereocenters. The van der Waals surface area contributed by atoms with Gasteiger partial charge in [-0.25, -0.2) is 0 Å². The molecule has 0 aliphatic carbocycles. The van der Waals surface area contributed by atoms with Gasteiger partial charge in [0.25, 0.3) is 5.91 Å². The molecule has 8 heteroatoms. The molecule has 26 heavy (non-hydrogen) atoms. The van der Waals surface area contributed by atoms with E-state index in [9.17, 15) is 4.79 Å². The number of carbonyl (C=O) groups is 1. The van der Waals surface area contributed by atoms with Crippen molar-refractivity contribution in [3.63, 3.8) is 0 Å². The molecule has 3 rings (SSSR count). The lowest BCUT2D eigenvalue weighted by Gasteiger charge is -2.10. The Morgan fingerprint density at radius 1 is 1.23 bits per heavy atom. The van der Waals surface area contributed by atoms with Crippen molar-refractivity contribution in [1.82, 2.24) is 9.97 Å². The zero-order valence-electron chi connectivity index (χ0n) is 14.3. The predicted molar refractivity (Wildman–Crippen MR) is 96.2 cm³/mol. The Hall–Kier alpha value is -3.49. The Morgan fingerprint density at radius 3 is 2.77 bits per heavy atom. The number of hydrogen-bond acceptors (Lipinski definition) is 5. The summed E-state index contributed by atoms with van der Waals surface area (Å²) in [5.41, 5.74) is 14.5. The second-order valence-electron chi connectivity index (χ2n) is 5.71. The van der Waals surface area contributed by atoms with Gasteiger partial charge in [0.2, 0.25) is 5.69 Å². The van der Waals surface area contributed by atoms with Gasteiger partial charge in [-0.05, 0) is 24.6 Å². The fourth-order valence-corrected chi connectivity index (χ4v) is 2.32. The van der Waals surface area contributed by atoms with E-state index in [1.807, 2.05) is 55.5 Å². The number of aryl methyl sites for hydroxylation is 1. The molecular formula is C18H20N6O2+2. The van der Waals surface area contributed by atoms with Gasteiger partial charge in [-0.1, -0.05) is 24.3 Å². The minimum Gasteiger partial charge on any atom is -0.365 e. The van der Waals surface area contributed by atoms with E-state index in [0.717, 1.165) is 22.6 Å². The van der Waals surface area contributed by atoms with E-state index in [4.69, 9.17) is 10.6 Å². The Balaban J connectivity index is 1.84. The largest absolute Gasteiger partial charge is 0.381 e. The Labute approximate surface area is 150 Å². The van der Waals surface area contributed by atoms with Crippen LogP contribution < -0.4 is 27.1 Å². The van der Waals surface area contributed by atoms with Crippen LogP contribution in [0.5, 0.6) is 6.01 Å². The van der Waals surface area contributed by atoms with E-state index < -0.39 is 5.91 Å². The maximum atomic E-state index is 11.7. The van der Waals surface area contributed by atoms with E-state index in [1.165, 1.54) is 11.7 Å². The standard InChI is InChI=1S/C18H18N6O2/c1-11-5-4-6-12(9-11)22-17-13(16(20)25)10-21-18(23-17)26-24-15-8-3-2-7-14(15)19/h2-10,24H,19H2,1H3,(H2,20,25)(H,21,22,23)/p+2. The number of amides is 1. The fourth-order valence-electron chi connectivity index (χ4n) is 2.32. The van der Waals surface area contributed by atoms with Crippen LogP contribution in [-0.4, -0.2) is 15.9 Å². The van der Waals surface area contributed by atoms with Gasteiger partial charge in [0.1, 0.15) is 5.56 Å². The lowest BCUT2D eigenvalue weighted by molar-refractivity contribution is -0.797. The van der Waals surface area contributed by atoms with E-state index in [-0.39, 0.29) is 17.4 Å². The summed E-state index contributed by atoms with van der Waals surface area (Å²) in [7, 11) is 0. The van der Waals surface area contributed by atoms with Crippen LogP contribution in [0.25, 0.3) is 0 Å². The molecule has 0 aliphatic rings. The lowest BCUT2D eigenvalue weighted by Crippen LogP contribution is -2.82. The number of anilines is 2. The van der Waals surface area contributed by atoms with Gasteiger partial charge < -0.3 is 16.8 Å². The van der Waals surface area contributed by atoms with Gasteiger partial charge in [0, 0.05) is 24.0 Å². The molecule has 132 valence electrons. The van der Waals surface area contributed by atoms with Crippen LogP contribution in [0.4, 0.5) is 22.9 Å². The van der Waals surface area contributed by atoms with Crippen LogP contribution in [0, 0.1) is 6.92 Å². The molecule has 8 N–H and O–H groups in total. The molecule has 8 nitrogen and oxygen atoms in total. The summed E-state index contributed by atoms with van der Waals surface area (Å²) >= 11 is 0. The minimum atomic E-state index is -0.626. The summed E-state index contributed by atoms with van der Waals surface area (Å²) in [4.78, 5) is 25.5. The maximum absolute atomic E-state index is 11.7. The first kappa shape index (κ1) is 17.3. The number of carbonyl (C=O) groups excluding carboxylic acids is 1. The van der Waals surface area contributed by atoms with Gasteiger partial charge in [0.15, 0.2) is 11.5 Å². The van der Waals surface area contributed by atoms with Crippen LogP contribution in [0.15, 0.2) is 54.7 Å². The van der Waals surface area contributed by atoms with Gasteiger partial charge >= 0.3 is 6.01 Å². The van der Waals surface area contributed by atoms with Crippen LogP contribution in [0.3, 0.4) is 0 Å². The summed E-state index contributed by atoms with van der Waals surface area (Å²) in [6.07, 6.45) is 1.34. The Kier molecular flexibility index (Phi) is 5.07. The van der Waals surface area contributed by atoms with E-state index in [0.29, 0.717) is 0 Å². The molecule has 0 radical (unpaired) electrons. The molecule has 0 saturated carbocycles. The van der Waals surface area contributed by atoms with Crippen molar-refractivity contribution in [3.05, 3.63) is 65.9 Å². The molecule has 1 heterocycles. The number of quaternary nitrogens is 2. The number of primary amides is 1. The normalized spacial score (nSPS) is 10.4. The smallest absolute Gasteiger partial charge is 0.365 e. The second-order valence-corrected chi connectivity index (χ2v) is 5.71. The molecule has 0 spiro atoms. The highest BCUT2D eigenvalue weighted by Gasteiger charge is 2.15. The van der Waals surface area contributed by atoms with Crippen LogP contribution in [0.1, 0.15) is 15.9 Å². The van der Waals surface area contributed by atoms with Gasteiger partial charge in [0.05, 0.1) is 0 Å². The number of nitrogens with one attached hydrogen (secondary N) is 1. The van der Waals surface area contributed by atoms with Crippen molar-refractivity contribution in [3.8, 4) is 6.01 Å². The third-order valence-electron chi connectivity index (χ3n) is 3.66. The van der Waals surface area contributed by atoms with E-state index in [1.54, 1.807) is 0 Å². The lowest BCUT2D eigenvalue weighted by atomic mass is 10.2. The molecule has 0 saturated heterocycles. The van der Waals surface area contributed by atoms with E-state index >= 15 is 0 Å². The predicted octanol–water partition coefficient (Wildman–Crippen LogP) is 0.690. The minimum absolute atomic E-state index is 0.0911. The third kappa shape index (κ3) is 4.12. The first-order chi connectivity index (χ1) is 12.5. The summed E-state index contributed by atoms with van der Waals surface area (Å²) in [6, 6.07) is 15.3. The number of nitrogens with two attached hydrogens (primary N) is 2. The van der Waals surface area contributed by atoms with Crippen molar-refractivity contribution in [1.29, 1.82) is 0 Å². The quantitative estimate of drug-likeness (QED) is 0.382. The SMILES string of the molecule is Cc1cccc(Nc2nc(O[NH2+]c3ccccc3[NH3+])ncc2C(N)=O)c1. The average Bonchev–Trinajstić information content (AvgIpc) is 2.61. The van der Waals surface area contributed by atoms with Crippen LogP contribution >= 0.6 is 0 Å². The van der Waals surface area contributed by atoms with Gasteiger partial charge in [-0.15, -0.1) is 5.48 Å². The second kappa shape index (κ2) is 7.60. The molecule has 0 atom stereocenters. The maximum Gasteiger partial charge on any atom is 0.381 e. The zero-order valence-corrected chi connectivity index (χ0v) is 14.3. The molecule has 0 bridgehead atoms. The zero-order chi connectivity index (χ0) is 18.5. The van der Waals surface area contributed by atoms with Crippen molar-refractivity contribution in [2.24, 2.45) is 5.73 Å². The molecule has 0 fully saturated rings. The van der Waals surface area contributed by atoms with Crippen molar-refractivity contribution in [2.75, 3.05) is 5.32 Å². The molecule has 2 aromatic carbocycles. The van der Waals surface area contributed by atoms with Crippen molar-refractivity contribution < 1.29 is 20.8 Å². The van der Waals surface area contributed by atoms with Crippen molar-refractivity contribution in [2.45, 2.75) is 6.92 Å². The van der Waals surface area contributed by atoms with Crippen LogP contribution in [0.2, 0.25) is 0 Å². The van der Waals surface area contributed by atoms with E-state index in [2.05, 4.69) is 21.0 Å². The summed E-state index contributed by atoms with van der Waals surface area (Å²) in [6.45, 7) is 1.97. The number of aromatic nitrogens is 2. The average molecular weight is 352 g/mol. The molecule has 1 aromatic heterocycles.